The lowest BCUT2D eigenvalue weighted by molar-refractivity contribution is -0.257. The van der Waals surface area contributed by atoms with Crippen molar-refractivity contribution in [2.45, 2.75) is 58.1 Å². The zero-order chi connectivity index (χ0) is 53.8. The number of carbonyl (C=O) groups excluding carboxylic acids is 12. The fourth-order valence-corrected chi connectivity index (χ4v) is 6.42. The second-order valence-electron chi connectivity index (χ2n) is 16.4. The van der Waals surface area contributed by atoms with Crippen molar-refractivity contribution in [3.63, 3.8) is 0 Å². The number of likely N-dealkylation sites (tertiary alicyclic amines) is 1. The normalized spacial score (nSPS) is 17.2. The fourth-order valence-electron chi connectivity index (χ4n) is 6.42. The van der Waals surface area contributed by atoms with Gasteiger partial charge in [0.15, 0.2) is 0 Å². The summed E-state index contributed by atoms with van der Waals surface area (Å²) < 4.78 is 14.8. The number of rotatable bonds is 28. The summed E-state index contributed by atoms with van der Waals surface area (Å²) in [5.74, 6) is -10.3. The van der Waals surface area contributed by atoms with Crippen LogP contribution in [0.5, 0.6) is 0 Å². The minimum absolute atomic E-state index is 0.0342. The van der Waals surface area contributed by atoms with Crippen molar-refractivity contribution in [3.8, 4) is 0 Å². The maximum Gasteiger partial charge on any atom is 0.475 e. The van der Waals surface area contributed by atoms with E-state index >= 15 is 0 Å². The van der Waals surface area contributed by atoms with Crippen molar-refractivity contribution in [2.24, 2.45) is 17.4 Å². The van der Waals surface area contributed by atoms with Gasteiger partial charge < -0.3 is 93.8 Å². The standard InChI is InChI=1S/C39H68BN15O17/c1-23(2)36(37(66)51-24(3)38(67)55-8-4-5-25(55)40(68)69)52-31(61)16-49-29(59)14-47-27(57)12-45-26(56)11-46-28(58)13-48-30(60)15-50-32(62)19-53(21-41)9-6-43-17-33(63)70-39-71-34(64)18-44-7-10-54(22-42)20-35(65)72-39/h23-25,36,39,43-44,68-69H,4-22,41-42H2,1-3H3,(H,45,56)(H,46,58)(H,47,57)(H,48,60)(H,49,59)(H,50,62)(H,51,66)(H,52,61)/t24-,25+,36+,39?/m1/s1. The van der Waals surface area contributed by atoms with E-state index in [1.165, 1.54) is 21.6 Å². The summed E-state index contributed by atoms with van der Waals surface area (Å²) >= 11 is 0. The van der Waals surface area contributed by atoms with Gasteiger partial charge in [0.05, 0.1) is 71.4 Å². The van der Waals surface area contributed by atoms with E-state index in [0.717, 1.165) is 0 Å². The number of esters is 3. The number of hydrogen-bond donors (Lipinski definition) is 14. The molecule has 2 rings (SSSR count). The molecular weight excluding hydrogens is 961 g/mol. The summed E-state index contributed by atoms with van der Waals surface area (Å²) in [6.07, 6.45) is 0.955. The maximum absolute atomic E-state index is 13.0. The number of nitrogens with two attached hydrogens (primary N) is 2. The summed E-state index contributed by atoms with van der Waals surface area (Å²) in [5, 5.41) is 43.2. The van der Waals surface area contributed by atoms with E-state index in [9.17, 15) is 67.6 Å². The minimum atomic E-state index is -1.93. The van der Waals surface area contributed by atoms with E-state index in [0.29, 0.717) is 32.5 Å². The third-order valence-electron chi connectivity index (χ3n) is 10.3. The van der Waals surface area contributed by atoms with Gasteiger partial charge in [-0.15, -0.1) is 0 Å². The Hall–Kier alpha value is -6.62. The molecule has 4 atom stereocenters. The number of ether oxygens (including phenoxy) is 3. The molecule has 16 N–H and O–H groups in total. The summed E-state index contributed by atoms with van der Waals surface area (Å²) in [4.78, 5) is 153. The van der Waals surface area contributed by atoms with Gasteiger partial charge in [0.25, 0.3) is 0 Å². The first kappa shape index (κ1) is 61.5. The van der Waals surface area contributed by atoms with Crippen LogP contribution in [0.1, 0.15) is 33.6 Å². The van der Waals surface area contributed by atoms with Crippen molar-refractivity contribution in [1.29, 1.82) is 0 Å². The Bertz CT molecular complexity index is 1900. The minimum Gasteiger partial charge on any atom is -0.426 e. The Morgan fingerprint density at radius 2 is 1.28 bits per heavy atom. The summed E-state index contributed by atoms with van der Waals surface area (Å²) in [6, 6.07) is -2.13. The molecule has 33 heteroatoms. The molecule has 0 saturated carbocycles. The van der Waals surface area contributed by atoms with Crippen LogP contribution >= 0.6 is 0 Å². The smallest absolute Gasteiger partial charge is 0.426 e. The second kappa shape index (κ2) is 33.1. The van der Waals surface area contributed by atoms with Crippen molar-refractivity contribution in [1.82, 2.24) is 67.9 Å². The molecule has 9 amide bonds. The number of nitrogens with zero attached hydrogens (tertiary/aromatic N) is 3. The molecule has 0 spiro atoms. The number of hydrogen-bond acceptors (Lipinski definition) is 23. The van der Waals surface area contributed by atoms with Gasteiger partial charge in [0.1, 0.15) is 12.1 Å². The highest BCUT2D eigenvalue weighted by Crippen LogP contribution is 2.19. The SMILES string of the molecule is CC(C)[C@H](NC(=O)CNC(=O)CNC(=O)CNC(=O)CNC(=O)CNC(=O)CNC(=O)CN(CN)CCNCC(=O)OC1OC(=O)CNCCN(CN)CC(=O)O1)C(=O)N[C@H](C)C(=O)N1CCC[C@H]1B(O)O. The average molecular weight is 1030 g/mol. The Morgan fingerprint density at radius 1 is 0.750 bits per heavy atom. The van der Waals surface area contributed by atoms with Crippen LogP contribution in [0.4, 0.5) is 0 Å². The van der Waals surface area contributed by atoms with E-state index in [2.05, 4.69) is 53.2 Å². The number of nitrogens with one attached hydrogen (secondary N) is 10. The largest absolute Gasteiger partial charge is 0.475 e. The number of cyclic esters (lactones) is 2. The molecule has 72 heavy (non-hydrogen) atoms. The highest BCUT2D eigenvalue weighted by atomic mass is 16.9. The van der Waals surface area contributed by atoms with Crippen LogP contribution in [0.3, 0.4) is 0 Å². The molecule has 0 aromatic rings. The van der Waals surface area contributed by atoms with Gasteiger partial charge in [-0.25, -0.2) is 0 Å². The molecule has 0 aromatic carbocycles. The molecule has 0 aliphatic carbocycles. The monoisotopic (exact) mass is 1030 g/mol. The molecule has 404 valence electrons. The molecule has 32 nitrogen and oxygen atoms in total. The lowest BCUT2D eigenvalue weighted by Gasteiger charge is -2.29. The quantitative estimate of drug-likeness (QED) is 0.0150. The Morgan fingerprint density at radius 3 is 1.79 bits per heavy atom. The van der Waals surface area contributed by atoms with E-state index < -0.39 is 154 Å². The van der Waals surface area contributed by atoms with Gasteiger partial charge in [-0.1, -0.05) is 13.8 Å². The molecule has 1 unspecified atom stereocenters. The van der Waals surface area contributed by atoms with Gasteiger partial charge in [0, 0.05) is 46.1 Å². The predicted molar refractivity (Wildman–Crippen MR) is 246 cm³/mol. The van der Waals surface area contributed by atoms with E-state index in [-0.39, 0.29) is 46.1 Å². The first-order valence-electron chi connectivity index (χ1n) is 22.8. The number of amides is 9. The van der Waals surface area contributed by atoms with Gasteiger partial charge in [-0.05, 0) is 25.7 Å². The van der Waals surface area contributed by atoms with Gasteiger partial charge >= 0.3 is 31.5 Å². The average Bonchev–Trinajstić information content (AvgIpc) is 3.83. The van der Waals surface area contributed by atoms with Crippen LogP contribution in [0.25, 0.3) is 0 Å². The Balaban J connectivity index is 1.58. The maximum atomic E-state index is 13.0. The van der Waals surface area contributed by atoms with Crippen LogP contribution in [0.15, 0.2) is 0 Å². The molecular formula is C39H68BN15O17. The lowest BCUT2D eigenvalue weighted by Crippen LogP contribution is -2.57. The van der Waals surface area contributed by atoms with Gasteiger partial charge in [-0.2, -0.15) is 0 Å². The molecule has 2 aliphatic heterocycles. The van der Waals surface area contributed by atoms with E-state index in [1.807, 2.05) is 0 Å². The first-order chi connectivity index (χ1) is 34.1. The zero-order valence-corrected chi connectivity index (χ0v) is 40.4. The molecule has 0 aromatic heterocycles. The second-order valence-corrected chi connectivity index (χ2v) is 16.4. The van der Waals surface area contributed by atoms with Crippen LogP contribution in [0.2, 0.25) is 0 Å². The van der Waals surface area contributed by atoms with Crippen molar-refractivity contribution < 1.29 is 81.8 Å². The van der Waals surface area contributed by atoms with Crippen LogP contribution < -0.4 is 64.6 Å². The molecule has 0 bridgehead atoms. The van der Waals surface area contributed by atoms with Crippen molar-refractivity contribution >= 4 is 78.2 Å². The highest BCUT2D eigenvalue weighted by Gasteiger charge is 2.39. The summed E-state index contributed by atoms with van der Waals surface area (Å²) in [6.45, 7) is -0.611. The molecule has 2 saturated heterocycles. The van der Waals surface area contributed by atoms with E-state index in [1.54, 1.807) is 13.8 Å². The summed E-state index contributed by atoms with van der Waals surface area (Å²) in [5.41, 5.74) is 11.3. The van der Waals surface area contributed by atoms with E-state index in [4.69, 9.17) is 25.7 Å². The summed E-state index contributed by atoms with van der Waals surface area (Å²) in [7, 11) is -1.73. The van der Waals surface area contributed by atoms with Crippen molar-refractivity contribution in [2.75, 3.05) is 112 Å². The first-order valence-corrected chi connectivity index (χ1v) is 22.8. The van der Waals surface area contributed by atoms with Crippen LogP contribution in [0, 0.1) is 5.92 Å². The van der Waals surface area contributed by atoms with Crippen molar-refractivity contribution in [3.05, 3.63) is 0 Å². The molecule has 0 radical (unpaired) electrons. The third kappa shape index (κ3) is 25.0. The molecule has 2 heterocycles. The zero-order valence-electron chi connectivity index (χ0n) is 40.4. The Kier molecular flexibility index (Phi) is 28.3. The predicted octanol–water partition coefficient (Wildman–Crippen LogP) is -11.1. The highest BCUT2D eigenvalue weighted by molar-refractivity contribution is 6.43. The van der Waals surface area contributed by atoms with Crippen LogP contribution in [-0.4, -0.2) is 239 Å². The Labute approximate surface area is 414 Å². The molecule has 2 fully saturated rings. The van der Waals surface area contributed by atoms with Gasteiger partial charge in [0.2, 0.25) is 53.2 Å². The lowest BCUT2D eigenvalue weighted by atomic mass is 9.78. The van der Waals surface area contributed by atoms with Crippen LogP contribution in [-0.2, 0) is 71.7 Å². The topological polar surface area (TPSA) is 455 Å². The fraction of sp³-hybridized carbons (Fsp3) is 0.692. The third-order valence-corrected chi connectivity index (χ3v) is 10.3. The molecule has 2 aliphatic rings. The number of carbonyl (C=O) groups is 12. The van der Waals surface area contributed by atoms with Gasteiger partial charge in [-0.3, -0.25) is 67.3 Å².